The normalized spacial score (nSPS) is 15.9. The van der Waals surface area contributed by atoms with E-state index >= 15 is 0 Å². The predicted octanol–water partition coefficient (Wildman–Crippen LogP) is 0.737. The van der Waals surface area contributed by atoms with E-state index in [0.29, 0.717) is 18.2 Å². The third-order valence-corrected chi connectivity index (χ3v) is 3.68. The second-order valence-electron chi connectivity index (χ2n) is 5.71. The van der Waals surface area contributed by atoms with Crippen LogP contribution in [0.25, 0.3) is 0 Å². The van der Waals surface area contributed by atoms with Gasteiger partial charge in [-0.3, -0.25) is 14.2 Å². The number of rotatable bonds is 3. The number of nitrogens with one attached hydrogen (secondary N) is 1. The van der Waals surface area contributed by atoms with Crippen LogP contribution in [0.15, 0.2) is 27.6 Å². The quantitative estimate of drug-likeness (QED) is 0.864. The number of furan rings is 1. The van der Waals surface area contributed by atoms with E-state index < -0.39 is 22.8 Å². The molecule has 8 nitrogen and oxygen atoms in total. The molecule has 0 saturated carbocycles. The highest BCUT2D eigenvalue weighted by atomic mass is 16.5. The molecule has 0 fully saturated rings. The average Bonchev–Trinajstić information content (AvgIpc) is 3.02. The van der Waals surface area contributed by atoms with E-state index in [4.69, 9.17) is 9.15 Å². The molecule has 2 aromatic heterocycles. The summed E-state index contributed by atoms with van der Waals surface area (Å²) < 4.78 is 12.0. The summed E-state index contributed by atoms with van der Waals surface area (Å²) in [6, 6.07) is 3.40. The molecule has 23 heavy (non-hydrogen) atoms. The lowest BCUT2D eigenvalue weighted by atomic mass is 10.1. The van der Waals surface area contributed by atoms with Crippen molar-refractivity contribution in [3.8, 4) is 5.75 Å². The van der Waals surface area contributed by atoms with Gasteiger partial charge in [0.05, 0.1) is 26.0 Å². The summed E-state index contributed by atoms with van der Waals surface area (Å²) in [5.74, 6) is -0.449. The molecule has 0 atom stereocenters. The smallest absolute Gasteiger partial charge is 0.296 e. The zero-order chi connectivity index (χ0) is 16.6. The molecular weight excluding hydrogens is 302 g/mol. The fraction of sp³-hybridized carbons (Fsp3) is 0.400. The molecule has 0 aliphatic carbocycles. The lowest BCUT2D eigenvalue weighted by molar-refractivity contribution is -0.0566. The zero-order valence-corrected chi connectivity index (χ0v) is 12.8. The number of fused-ring (bicyclic) bond motifs is 1. The Labute approximate surface area is 131 Å². The highest BCUT2D eigenvalue weighted by Crippen LogP contribution is 2.27. The fourth-order valence-electron chi connectivity index (χ4n) is 2.49. The van der Waals surface area contributed by atoms with Crippen LogP contribution < -0.4 is 10.9 Å². The van der Waals surface area contributed by atoms with E-state index in [0.717, 1.165) is 0 Å². The molecule has 0 bridgehead atoms. The summed E-state index contributed by atoms with van der Waals surface area (Å²) in [6.45, 7) is 4.26. The SMILES string of the molecule is CC1(C)OCCn2c1nc(C(=O)NCc1ccco1)c(O)c2=O. The maximum Gasteiger partial charge on any atom is 0.296 e. The Morgan fingerprint density at radius 1 is 1.52 bits per heavy atom. The number of aromatic nitrogens is 2. The van der Waals surface area contributed by atoms with Crippen molar-refractivity contribution in [2.75, 3.05) is 6.61 Å². The van der Waals surface area contributed by atoms with Gasteiger partial charge in [0, 0.05) is 0 Å². The van der Waals surface area contributed by atoms with Gasteiger partial charge in [0.25, 0.3) is 11.5 Å². The van der Waals surface area contributed by atoms with Gasteiger partial charge in [-0.2, -0.15) is 0 Å². The molecule has 3 rings (SSSR count). The van der Waals surface area contributed by atoms with Crippen LogP contribution in [0.5, 0.6) is 5.75 Å². The number of nitrogens with zero attached hydrogens (tertiary/aromatic N) is 2. The van der Waals surface area contributed by atoms with Crippen molar-refractivity contribution < 1.29 is 19.1 Å². The Hall–Kier alpha value is -2.61. The average molecular weight is 319 g/mol. The molecule has 0 saturated heterocycles. The topological polar surface area (TPSA) is 107 Å². The maximum absolute atomic E-state index is 12.3. The standard InChI is InChI=1S/C15H17N3O5/c1-15(2)14-17-10(11(19)13(21)18(14)5-7-23-15)12(20)16-8-9-4-3-6-22-9/h3-4,6,19H,5,7-8H2,1-2H3,(H,16,20). The number of aromatic hydroxyl groups is 1. The first-order valence-corrected chi connectivity index (χ1v) is 7.19. The predicted molar refractivity (Wildman–Crippen MR) is 79.0 cm³/mol. The Morgan fingerprint density at radius 2 is 2.30 bits per heavy atom. The second-order valence-corrected chi connectivity index (χ2v) is 5.71. The van der Waals surface area contributed by atoms with Crippen LogP contribution in [0.2, 0.25) is 0 Å². The summed E-state index contributed by atoms with van der Waals surface area (Å²) in [4.78, 5) is 28.7. The highest BCUT2D eigenvalue weighted by Gasteiger charge is 2.34. The van der Waals surface area contributed by atoms with Gasteiger partial charge in [-0.25, -0.2) is 4.98 Å². The van der Waals surface area contributed by atoms with E-state index in [-0.39, 0.29) is 18.8 Å². The molecule has 0 unspecified atom stereocenters. The van der Waals surface area contributed by atoms with Crippen LogP contribution in [0.1, 0.15) is 35.9 Å². The molecule has 3 heterocycles. The van der Waals surface area contributed by atoms with Crippen molar-refractivity contribution in [2.45, 2.75) is 32.5 Å². The van der Waals surface area contributed by atoms with Gasteiger partial charge in [0.1, 0.15) is 17.2 Å². The molecule has 1 aliphatic heterocycles. The lowest BCUT2D eigenvalue weighted by Gasteiger charge is -2.32. The van der Waals surface area contributed by atoms with Crippen LogP contribution in [0.3, 0.4) is 0 Å². The zero-order valence-electron chi connectivity index (χ0n) is 12.8. The summed E-state index contributed by atoms with van der Waals surface area (Å²) >= 11 is 0. The largest absolute Gasteiger partial charge is 0.501 e. The van der Waals surface area contributed by atoms with Crippen LogP contribution in [-0.2, 0) is 23.4 Å². The van der Waals surface area contributed by atoms with Gasteiger partial charge >= 0.3 is 0 Å². The van der Waals surface area contributed by atoms with Crippen molar-refractivity contribution in [1.82, 2.24) is 14.9 Å². The minimum Gasteiger partial charge on any atom is -0.501 e. The second kappa shape index (κ2) is 5.54. The van der Waals surface area contributed by atoms with Crippen molar-refractivity contribution in [2.24, 2.45) is 0 Å². The van der Waals surface area contributed by atoms with E-state index in [2.05, 4.69) is 10.3 Å². The summed E-state index contributed by atoms with van der Waals surface area (Å²) in [5, 5.41) is 12.6. The lowest BCUT2D eigenvalue weighted by Crippen LogP contribution is -2.42. The molecule has 122 valence electrons. The number of hydrogen-bond acceptors (Lipinski definition) is 6. The van der Waals surface area contributed by atoms with Crippen molar-refractivity contribution in [3.05, 3.63) is 46.0 Å². The van der Waals surface area contributed by atoms with Crippen molar-refractivity contribution in [1.29, 1.82) is 0 Å². The summed E-state index contributed by atoms with van der Waals surface area (Å²) in [6.07, 6.45) is 1.49. The van der Waals surface area contributed by atoms with E-state index in [1.54, 1.807) is 26.0 Å². The molecule has 2 N–H and O–H groups in total. The van der Waals surface area contributed by atoms with Crippen LogP contribution in [0.4, 0.5) is 0 Å². The van der Waals surface area contributed by atoms with Gasteiger partial charge in [-0.1, -0.05) is 0 Å². The molecule has 1 amide bonds. The third-order valence-electron chi connectivity index (χ3n) is 3.68. The summed E-state index contributed by atoms with van der Waals surface area (Å²) in [7, 11) is 0. The Kier molecular flexibility index (Phi) is 3.69. The number of carbonyl (C=O) groups is 1. The van der Waals surface area contributed by atoms with Gasteiger partial charge < -0.3 is 19.6 Å². The Balaban J connectivity index is 1.95. The Bertz CT molecular complexity index is 792. The first-order chi connectivity index (χ1) is 10.9. The number of carbonyl (C=O) groups excluding carboxylic acids is 1. The molecule has 1 aliphatic rings. The Morgan fingerprint density at radius 3 is 3.00 bits per heavy atom. The van der Waals surface area contributed by atoms with Crippen LogP contribution in [0, 0.1) is 0 Å². The summed E-state index contributed by atoms with van der Waals surface area (Å²) in [5.41, 5.74) is -1.78. The monoisotopic (exact) mass is 319 g/mol. The molecule has 0 radical (unpaired) electrons. The molecular formula is C15H17N3O5. The number of hydrogen-bond donors (Lipinski definition) is 2. The minimum atomic E-state index is -0.818. The van der Waals surface area contributed by atoms with E-state index in [9.17, 15) is 14.7 Å². The first kappa shape index (κ1) is 15.3. The number of ether oxygens (including phenoxy) is 1. The molecule has 2 aromatic rings. The molecule has 8 heteroatoms. The first-order valence-electron chi connectivity index (χ1n) is 7.19. The van der Waals surface area contributed by atoms with Gasteiger partial charge in [-0.15, -0.1) is 0 Å². The molecule has 0 spiro atoms. The van der Waals surface area contributed by atoms with Crippen LogP contribution in [-0.4, -0.2) is 27.2 Å². The third kappa shape index (κ3) is 2.72. The maximum atomic E-state index is 12.3. The van der Waals surface area contributed by atoms with Crippen molar-refractivity contribution in [3.63, 3.8) is 0 Å². The minimum absolute atomic E-state index is 0.130. The fourth-order valence-corrected chi connectivity index (χ4v) is 2.49. The van der Waals surface area contributed by atoms with Gasteiger partial charge in [-0.05, 0) is 26.0 Å². The van der Waals surface area contributed by atoms with E-state index in [1.807, 2.05) is 0 Å². The number of amides is 1. The van der Waals surface area contributed by atoms with Gasteiger partial charge in [0.2, 0.25) is 5.75 Å². The van der Waals surface area contributed by atoms with Gasteiger partial charge in [0.15, 0.2) is 5.69 Å². The highest BCUT2D eigenvalue weighted by molar-refractivity contribution is 5.94. The van der Waals surface area contributed by atoms with Crippen LogP contribution >= 0.6 is 0 Å². The van der Waals surface area contributed by atoms with E-state index in [1.165, 1.54) is 10.8 Å². The van der Waals surface area contributed by atoms with Crippen molar-refractivity contribution >= 4 is 5.91 Å². The molecule has 0 aromatic carbocycles.